The molecular weight excluding hydrogens is 176 g/mol. The molecule has 0 aliphatic carbocycles. The summed E-state index contributed by atoms with van der Waals surface area (Å²) in [4.78, 5) is 0. The molecule has 0 spiro atoms. The highest BCUT2D eigenvalue weighted by atomic mass is 16.7. The van der Waals surface area contributed by atoms with Crippen LogP contribution in [0.5, 0.6) is 5.75 Å². The van der Waals surface area contributed by atoms with E-state index in [9.17, 15) is 0 Å². The van der Waals surface area contributed by atoms with Crippen LogP contribution in [0.15, 0.2) is 30.8 Å². The Balaban J connectivity index is 2.73. The third-order valence-corrected chi connectivity index (χ3v) is 1.97. The maximum Gasteiger partial charge on any atom is 0.204 e. The van der Waals surface area contributed by atoms with Crippen LogP contribution in [0.3, 0.4) is 0 Å². The Morgan fingerprint density at radius 2 is 1.79 bits per heavy atom. The van der Waals surface area contributed by atoms with Gasteiger partial charge in [0.2, 0.25) is 5.79 Å². The van der Waals surface area contributed by atoms with Crippen molar-refractivity contribution in [1.29, 1.82) is 0 Å². The average Bonchev–Trinajstić information content (AvgIpc) is 2.19. The third-order valence-electron chi connectivity index (χ3n) is 1.97. The van der Waals surface area contributed by atoms with Crippen LogP contribution < -0.4 is 4.74 Å². The number of hydrogen-bond acceptors (Lipinski definition) is 2. The van der Waals surface area contributed by atoms with Crippen molar-refractivity contribution in [2.45, 2.75) is 19.6 Å². The van der Waals surface area contributed by atoms with Crippen LogP contribution in [0.1, 0.15) is 19.4 Å². The predicted molar refractivity (Wildman–Crippen MR) is 58.2 cm³/mol. The Bertz CT molecular complexity index is 299. The molecule has 0 atom stereocenters. The van der Waals surface area contributed by atoms with Crippen LogP contribution in [-0.2, 0) is 4.74 Å². The zero-order valence-electron chi connectivity index (χ0n) is 8.91. The quantitative estimate of drug-likeness (QED) is 0.682. The van der Waals surface area contributed by atoms with Gasteiger partial charge in [-0.25, -0.2) is 0 Å². The molecule has 0 aromatic heterocycles. The molecule has 1 aromatic carbocycles. The van der Waals surface area contributed by atoms with E-state index in [0.717, 1.165) is 11.3 Å². The van der Waals surface area contributed by atoms with Gasteiger partial charge in [0.05, 0.1) is 0 Å². The van der Waals surface area contributed by atoms with E-state index in [2.05, 4.69) is 6.58 Å². The van der Waals surface area contributed by atoms with E-state index >= 15 is 0 Å². The largest absolute Gasteiger partial charge is 0.463 e. The highest BCUT2D eigenvalue weighted by molar-refractivity contribution is 5.48. The molecule has 0 saturated carbocycles. The van der Waals surface area contributed by atoms with E-state index in [4.69, 9.17) is 9.47 Å². The van der Waals surface area contributed by atoms with Gasteiger partial charge in [-0.05, 0) is 17.7 Å². The minimum atomic E-state index is -0.588. The molecule has 14 heavy (non-hydrogen) atoms. The molecule has 1 aromatic rings. The highest BCUT2D eigenvalue weighted by Gasteiger charge is 2.17. The molecule has 0 bridgehead atoms. The normalized spacial score (nSPS) is 11.1. The second-order valence-corrected chi connectivity index (χ2v) is 3.48. The van der Waals surface area contributed by atoms with Crippen molar-refractivity contribution < 1.29 is 9.47 Å². The summed E-state index contributed by atoms with van der Waals surface area (Å²) in [5.74, 6) is 0.206. The zero-order chi connectivity index (χ0) is 10.6. The van der Waals surface area contributed by atoms with Crippen LogP contribution in [0.2, 0.25) is 0 Å². The molecule has 1 rings (SSSR count). The second kappa shape index (κ2) is 4.29. The first-order valence-electron chi connectivity index (χ1n) is 4.54. The summed E-state index contributed by atoms with van der Waals surface area (Å²) in [6.07, 6.45) is 1.80. The third kappa shape index (κ3) is 2.89. The minimum Gasteiger partial charge on any atom is -0.463 e. The number of benzene rings is 1. The smallest absolute Gasteiger partial charge is 0.204 e. The topological polar surface area (TPSA) is 18.5 Å². The van der Waals surface area contributed by atoms with Gasteiger partial charge in [0.1, 0.15) is 5.75 Å². The van der Waals surface area contributed by atoms with Crippen LogP contribution in [0, 0.1) is 0 Å². The summed E-state index contributed by atoms with van der Waals surface area (Å²) in [6.45, 7) is 7.42. The van der Waals surface area contributed by atoms with E-state index in [0.29, 0.717) is 0 Å². The number of rotatable bonds is 4. The van der Waals surface area contributed by atoms with Crippen molar-refractivity contribution in [3.63, 3.8) is 0 Å². The molecule has 2 heteroatoms. The maximum absolute atomic E-state index is 5.59. The molecule has 0 fully saturated rings. The highest BCUT2D eigenvalue weighted by Crippen LogP contribution is 2.19. The van der Waals surface area contributed by atoms with Gasteiger partial charge in [-0.3, -0.25) is 0 Å². The van der Waals surface area contributed by atoms with E-state index in [1.165, 1.54) is 0 Å². The standard InChI is InChI=1S/C12H16O2/c1-5-10-6-8-11(9-7-10)14-12(2,3)13-4/h5-9H,1H2,2-4H3. The zero-order valence-corrected chi connectivity index (χ0v) is 8.91. The first kappa shape index (κ1) is 10.8. The molecule has 0 heterocycles. The van der Waals surface area contributed by atoms with Crippen molar-refractivity contribution >= 4 is 6.08 Å². The van der Waals surface area contributed by atoms with Crippen LogP contribution in [0.4, 0.5) is 0 Å². The predicted octanol–water partition coefficient (Wildman–Crippen LogP) is 3.09. The van der Waals surface area contributed by atoms with Crippen LogP contribution >= 0.6 is 0 Å². The lowest BCUT2D eigenvalue weighted by atomic mass is 10.2. The first-order valence-corrected chi connectivity index (χ1v) is 4.54. The monoisotopic (exact) mass is 192 g/mol. The van der Waals surface area contributed by atoms with Crippen molar-refractivity contribution in [3.05, 3.63) is 36.4 Å². The maximum atomic E-state index is 5.59. The fraction of sp³-hybridized carbons (Fsp3) is 0.333. The number of ether oxygens (including phenoxy) is 2. The Morgan fingerprint density at radius 1 is 1.21 bits per heavy atom. The van der Waals surface area contributed by atoms with E-state index in [1.54, 1.807) is 13.2 Å². The summed E-state index contributed by atoms with van der Waals surface area (Å²) < 4.78 is 10.7. The molecule has 0 aliphatic rings. The molecule has 76 valence electrons. The molecule has 2 nitrogen and oxygen atoms in total. The Kier molecular flexibility index (Phi) is 3.31. The summed E-state index contributed by atoms with van der Waals surface area (Å²) in [5.41, 5.74) is 1.08. The Labute approximate surface area is 85.2 Å². The first-order chi connectivity index (χ1) is 6.57. The number of methoxy groups -OCH3 is 1. The molecule has 0 saturated heterocycles. The van der Waals surface area contributed by atoms with Crippen LogP contribution in [-0.4, -0.2) is 12.9 Å². The van der Waals surface area contributed by atoms with Gasteiger partial charge in [-0.1, -0.05) is 24.8 Å². The lowest BCUT2D eigenvalue weighted by Crippen LogP contribution is -2.30. The van der Waals surface area contributed by atoms with Crippen molar-refractivity contribution in [2.75, 3.05) is 7.11 Å². The molecular formula is C12H16O2. The van der Waals surface area contributed by atoms with E-state index < -0.39 is 5.79 Å². The van der Waals surface area contributed by atoms with E-state index in [-0.39, 0.29) is 0 Å². The molecule has 0 radical (unpaired) electrons. The van der Waals surface area contributed by atoms with Gasteiger partial charge in [0.25, 0.3) is 0 Å². The van der Waals surface area contributed by atoms with Crippen molar-refractivity contribution in [1.82, 2.24) is 0 Å². The van der Waals surface area contributed by atoms with Gasteiger partial charge >= 0.3 is 0 Å². The molecule has 0 amide bonds. The van der Waals surface area contributed by atoms with Crippen molar-refractivity contribution in [2.24, 2.45) is 0 Å². The Hall–Kier alpha value is -1.28. The van der Waals surface area contributed by atoms with Gasteiger partial charge in [-0.15, -0.1) is 0 Å². The molecule has 0 N–H and O–H groups in total. The van der Waals surface area contributed by atoms with Gasteiger partial charge in [0.15, 0.2) is 0 Å². The van der Waals surface area contributed by atoms with Gasteiger partial charge in [0, 0.05) is 21.0 Å². The van der Waals surface area contributed by atoms with Crippen molar-refractivity contribution in [3.8, 4) is 5.75 Å². The average molecular weight is 192 g/mol. The van der Waals surface area contributed by atoms with Gasteiger partial charge in [-0.2, -0.15) is 0 Å². The lowest BCUT2D eigenvalue weighted by molar-refractivity contribution is -0.134. The Morgan fingerprint density at radius 3 is 2.21 bits per heavy atom. The lowest BCUT2D eigenvalue weighted by Gasteiger charge is -2.24. The minimum absolute atomic E-state index is 0.588. The summed E-state index contributed by atoms with van der Waals surface area (Å²) >= 11 is 0. The van der Waals surface area contributed by atoms with E-state index in [1.807, 2.05) is 38.1 Å². The SMILES string of the molecule is C=Cc1ccc(OC(C)(C)OC)cc1. The fourth-order valence-electron chi connectivity index (χ4n) is 0.997. The summed E-state index contributed by atoms with van der Waals surface area (Å²) in [6, 6.07) is 7.71. The fourth-order valence-corrected chi connectivity index (χ4v) is 0.997. The van der Waals surface area contributed by atoms with Crippen LogP contribution in [0.25, 0.3) is 6.08 Å². The number of hydrogen-bond donors (Lipinski definition) is 0. The summed E-state index contributed by atoms with van der Waals surface area (Å²) in [7, 11) is 1.62. The summed E-state index contributed by atoms with van der Waals surface area (Å²) in [5, 5.41) is 0. The molecule has 0 aliphatic heterocycles. The molecule has 0 unspecified atom stereocenters. The second-order valence-electron chi connectivity index (χ2n) is 3.48. The van der Waals surface area contributed by atoms with Gasteiger partial charge < -0.3 is 9.47 Å².